The molecular weight excluding hydrogens is 188 g/mol. The summed E-state index contributed by atoms with van der Waals surface area (Å²) in [4.78, 5) is 11.6. The second-order valence-corrected chi connectivity index (χ2v) is 4.23. The summed E-state index contributed by atoms with van der Waals surface area (Å²) in [6.07, 6.45) is 7.65. The molecule has 2 heteroatoms. The van der Waals surface area contributed by atoms with Gasteiger partial charge in [-0.15, -0.1) is 0 Å². The molecule has 0 saturated heterocycles. The van der Waals surface area contributed by atoms with Crippen LogP contribution in [0.5, 0.6) is 0 Å². The summed E-state index contributed by atoms with van der Waals surface area (Å²) in [5.41, 5.74) is 0.790. The third-order valence-corrected chi connectivity index (χ3v) is 2.40. The Labute approximate surface area is 93.0 Å². The average Bonchev–Trinajstić information content (AvgIpc) is 2.16. The van der Waals surface area contributed by atoms with Crippen LogP contribution in [0.1, 0.15) is 40.5 Å². The molecule has 0 aromatic heterocycles. The zero-order valence-electron chi connectivity index (χ0n) is 10.5. The van der Waals surface area contributed by atoms with Crippen LogP contribution in [0.25, 0.3) is 0 Å². The molecule has 15 heavy (non-hydrogen) atoms. The Balaban J connectivity index is 4.52. The van der Waals surface area contributed by atoms with Crippen LogP contribution in [0.15, 0.2) is 23.8 Å². The zero-order chi connectivity index (χ0) is 11.9. The molecule has 0 saturated carbocycles. The Morgan fingerprint density at radius 2 is 2.00 bits per heavy atom. The van der Waals surface area contributed by atoms with E-state index in [0.717, 1.165) is 12.8 Å². The molecule has 0 radical (unpaired) electrons. The van der Waals surface area contributed by atoms with Gasteiger partial charge in [0.25, 0.3) is 0 Å². The van der Waals surface area contributed by atoms with Crippen LogP contribution >= 0.6 is 0 Å². The molecule has 0 spiro atoms. The average molecular weight is 210 g/mol. The lowest BCUT2D eigenvalue weighted by Crippen LogP contribution is -2.26. The summed E-state index contributed by atoms with van der Waals surface area (Å²) < 4.78 is 4.81. The Bertz CT molecular complexity index is 260. The maximum atomic E-state index is 11.6. The van der Waals surface area contributed by atoms with Gasteiger partial charge in [0.05, 0.1) is 12.5 Å². The van der Waals surface area contributed by atoms with E-state index in [1.54, 1.807) is 0 Å². The molecule has 0 aliphatic carbocycles. The van der Waals surface area contributed by atoms with Crippen LogP contribution in [-0.4, -0.2) is 13.1 Å². The number of allylic oxidation sites excluding steroid dienone is 3. The van der Waals surface area contributed by atoms with Gasteiger partial charge in [-0.3, -0.25) is 4.79 Å². The van der Waals surface area contributed by atoms with E-state index in [4.69, 9.17) is 4.74 Å². The third-order valence-electron chi connectivity index (χ3n) is 2.40. The number of methoxy groups -OCH3 is 1. The van der Waals surface area contributed by atoms with Crippen molar-refractivity contribution in [2.45, 2.75) is 40.5 Å². The lowest BCUT2D eigenvalue weighted by atomic mass is 9.85. The standard InChI is InChI=1S/C13H22O2/c1-6-9-13(4,12(14)15-5)10-7-8-11(2)3/h6,8-9H,7,10H2,1-5H3/b9-6+. The fourth-order valence-corrected chi connectivity index (χ4v) is 1.52. The number of carbonyl (C=O) groups is 1. The van der Waals surface area contributed by atoms with Crippen LogP contribution < -0.4 is 0 Å². The summed E-state index contributed by atoms with van der Waals surface area (Å²) in [5.74, 6) is -0.164. The molecule has 0 bridgehead atoms. The first-order chi connectivity index (χ1) is 6.96. The molecule has 0 rings (SSSR count). The predicted molar refractivity (Wildman–Crippen MR) is 63.6 cm³/mol. The van der Waals surface area contributed by atoms with Gasteiger partial charge in [-0.05, 0) is 40.5 Å². The largest absolute Gasteiger partial charge is 0.468 e. The van der Waals surface area contributed by atoms with Crippen molar-refractivity contribution in [1.82, 2.24) is 0 Å². The SMILES string of the molecule is C/C=C/C(C)(CCC=C(C)C)C(=O)OC. The van der Waals surface area contributed by atoms with E-state index in [1.807, 2.05) is 26.0 Å². The van der Waals surface area contributed by atoms with Crippen LogP contribution in [-0.2, 0) is 9.53 Å². The first-order valence-corrected chi connectivity index (χ1v) is 5.32. The van der Waals surface area contributed by atoms with E-state index in [-0.39, 0.29) is 5.97 Å². The minimum absolute atomic E-state index is 0.164. The Kier molecular flexibility index (Phi) is 5.99. The Hall–Kier alpha value is -1.05. The summed E-state index contributed by atoms with van der Waals surface area (Å²) in [5, 5.41) is 0. The fourth-order valence-electron chi connectivity index (χ4n) is 1.52. The first kappa shape index (κ1) is 13.9. The van der Waals surface area contributed by atoms with Crippen molar-refractivity contribution in [2.24, 2.45) is 5.41 Å². The summed E-state index contributed by atoms with van der Waals surface area (Å²) in [7, 11) is 1.44. The second kappa shape index (κ2) is 6.44. The summed E-state index contributed by atoms with van der Waals surface area (Å²) in [6, 6.07) is 0. The molecule has 0 aromatic rings. The molecule has 0 heterocycles. The van der Waals surface area contributed by atoms with E-state index in [9.17, 15) is 4.79 Å². The van der Waals surface area contributed by atoms with Gasteiger partial charge in [0.2, 0.25) is 0 Å². The van der Waals surface area contributed by atoms with Crippen molar-refractivity contribution >= 4 is 5.97 Å². The highest BCUT2D eigenvalue weighted by Gasteiger charge is 2.30. The van der Waals surface area contributed by atoms with E-state index >= 15 is 0 Å². The molecule has 0 fully saturated rings. The lowest BCUT2D eigenvalue weighted by Gasteiger charge is -2.22. The molecule has 1 unspecified atom stereocenters. The predicted octanol–water partition coefficient (Wildman–Crippen LogP) is 3.49. The monoisotopic (exact) mass is 210 g/mol. The Morgan fingerprint density at radius 1 is 1.40 bits per heavy atom. The third kappa shape index (κ3) is 4.82. The van der Waals surface area contributed by atoms with Crippen LogP contribution in [0.2, 0.25) is 0 Å². The van der Waals surface area contributed by atoms with Crippen LogP contribution in [0.4, 0.5) is 0 Å². The first-order valence-electron chi connectivity index (χ1n) is 5.32. The molecule has 0 aromatic carbocycles. The maximum Gasteiger partial charge on any atom is 0.315 e. The van der Waals surface area contributed by atoms with E-state index in [1.165, 1.54) is 12.7 Å². The highest BCUT2D eigenvalue weighted by Crippen LogP contribution is 2.27. The lowest BCUT2D eigenvalue weighted by molar-refractivity contribution is -0.149. The number of rotatable bonds is 5. The molecule has 1 atom stereocenters. The quantitative estimate of drug-likeness (QED) is 0.513. The molecule has 0 amide bonds. The normalized spacial score (nSPS) is 14.7. The molecule has 0 aliphatic heterocycles. The maximum absolute atomic E-state index is 11.6. The van der Waals surface area contributed by atoms with Gasteiger partial charge in [-0.25, -0.2) is 0 Å². The molecule has 2 nitrogen and oxygen atoms in total. The van der Waals surface area contributed by atoms with Crippen LogP contribution in [0, 0.1) is 5.41 Å². The van der Waals surface area contributed by atoms with Crippen molar-refractivity contribution in [1.29, 1.82) is 0 Å². The van der Waals surface area contributed by atoms with Gasteiger partial charge in [0.1, 0.15) is 0 Å². The summed E-state index contributed by atoms with van der Waals surface area (Å²) in [6.45, 7) is 7.95. The minimum atomic E-state index is -0.491. The van der Waals surface area contributed by atoms with Crippen molar-refractivity contribution in [3.63, 3.8) is 0 Å². The van der Waals surface area contributed by atoms with Crippen molar-refractivity contribution < 1.29 is 9.53 Å². The van der Waals surface area contributed by atoms with Gasteiger partial charge in [0, 0.05) is 0 Å². The number of hydrogen-bond donors (Lipinski definition) is 0. The molecule has 0 N–H and O–H groups in total. The Morgan fingerprint density at radius 3 is 2.40 bits per heavy atom. The van der Waals surface area contributed by atoms with Gasteiger partial charge in [-0.1, -0.05) is 23.8 Å². The number of carbonyl (C=O) groups excluding carboxylic acids is 1. The van der Waals surface area contributed by atoms with E-state index < -0.39 is 5.41 Å². The molecular formula is C13H22O2. The van der Waals surface area contributed by atoms with Crippen molar-refractivity contribution in [2.75, 3.05) is 7.11 Å². The van der Waals surface area contributed by atoms with Gasteiger partial charge in [-0.2, -0.15) is 0 Å². The highest BCUT2D eigenvalue weighted by molar-refractivity contribution is 5.78. The molecule has 86 valence electrons. The highest BCUT2D eigenvalue weighted by atomic mass is 16.5. The van der Waals surface area contributed by atoms with E-state index in [0.29, 0.717) is 0 Å². The van der Waals surface area contributed by atoms with E-state index in [2.05, 4.69) is 19.9 Å². The van der Waals surface area contributed by atoms with Gasteiger partial charge < -0.3 is 4.74 Å². The zero-order valence-corrected chi connectivity index (χ0v) is 10.5. The topological polar surface area (TPSA) is 26.3 Å². The molecule has 0 aliphatic rings. The smallest absolute Gasteiger partial charge is 0.315 e. The van der Waals surface area contributed by atoms with Crippen LogP contribution in [0.3, 0.4) is 0 Å². The fraction of sp³-hybridized carbons (Fsp3) is 0.615. The number of ether oxygens (including phenoxy) is 1. The summed E-state index contributed by atoms with van der Waals surface area (Å²) >= 11 is 0. The number of hydrogen-bond acceptors (Lipinski definition) is 2. The second-order valence-electron chi connectivity index (χ2n) is 4.23. The minimum Gasteiger partial charge on any atom is -0.468 e. The van der Waals surface area contributed by atoms with Crippen molar-refractivity contribution in [3.05, 3.63) is 23.8 Å². The number of esters is 1. The van der Waals surface area contributed by atoms with Gasteiger partial charge >= 0.3 is 5.97 Å². The van der Waals surface area contributed by atoms with Crippen molar-refractivity contribution in [3.8, 4) is 0 Å². The van der Waals surface area contributed by atoms with Gasteiger partial charge in [0.15, 0.2) is 0 Å².